The minimum atomic E-state index is -4.84. The molecule has 37 heavy (non-hydrogen) atoms. The molecule has 196 valence electrons. The average Bonchev–Trinajstić information content (AvgIpc) is 2.81. The van der Waals surface area contributed by atoms with Crippen LogP contribution >= 0.6 is 23.2 Å². The van der Waals surface area contributed by atoms with Crippen molar-refractivity contribution in [2.24, 2.45) is 10.7 Å². The van der Waals surface area contributed by atoms with Crippen LogP contribution in [-0.4, -0.2) is 24.0 Å². The van der Waals surface area contributed by atoms with Gasteiger partial charge in [-0.15, -0.1) is 0 Å². The van der Waals surface area contributed by atoms with Crippen LogP contribution in [0, 0.1) is 0 Å². The minimum absolute atomic E-state index is 0.00811. The van der Waals surface area contributed by atoms with Crippen molar-refractivity contribution in [1.29, 1.82) is 0 Å². The highest BCUT2D eigenvalue weighted by Crippen LogP contribution is 2.42. The first-order chi connectivity index (χ1) is 17.2. The van der Waals surface area contributed by atoms with Gasteiger partial charge in [0.05, 0.1) is 16.3 Å². The van der Waals surface area contributed by atoms with E-state index in [1.54, 1.807) is 24.3 Å². The smallest absolute Gasteiger partial charge is 0.430 e. The molecule has 0 fully saturated rings. The summed E-state index contributed by atoms with van der Waals surface area (Å²) < 4.78 is 79.7. The molecule has 0 atom stereocenters. The van der Waals surface area contributed by atoms with Crippen LogP contribution in [0.15, 0.2) is 71.4 Å². The molecule has 0 bridgehead atoms. The first-order valence-electron chi connectivity index (χ1n) is 10.7. The highest BCUT2D eigenvalue weighted by atomic mass is 35.5. The number of alkyl halides is 6. The Hall–Kier alpha value is -3.17. The standard InChI is InChI=1S/C26H20Cl2F6N2O/c1-36-21(13-22(35)26(32,33)34)18-10-6-15(5-2-14-3-8-17(27)9-4-14)23(24(18)37)16-7-11-20(28)19(12-16)25(29,30)31/h3-4,6-13,37H,2,5,35H2,1H3/b22-13-,36-21?. The zero-order valence-electron chi connectivity index (χ0n) is 19.2. The summed E-state index contributed by atoms with van der Waals surface area (Å²) in [5.41, 5.74) is 3.43. The topological polar surface area (TPSA) is 58.6 Å². The molecule has 0 aliphatic carbocycles. The van der Waals surface area contributed by atoms with E-state index in [0.717, 1.165) is 17.7 Å². The fourth-order valence-corrected chi connectivity index (χ4v) is 4.04. The van der Waals surface area contributed by atoms with E-state index in [-0.39, 0.29) is 28.8 Å². The Bertz CT molecular complexity index is 1350. The van der Waals surface area contributed by atoms with Crippen molar-refractivity contribution >= 4 is 28.9 Å². The molecule has 3 nitrogen and oxygen atoms in total. The number of rotatable bonds is 6. The predicted molar refractivity (Wildman–Crippen MR) is 133 cm³/mol. The molecule has 0 saturated carbocycles. The van der Waals surface area contributed by atoms with Gasteiger partial charge >= 0.3 is 12.4 Å². The van der Waals surface area contributed by atoms with Gasteiger partial charge in [0.2, 0.25) is 0 Å². The predicted octanol–water partition coefficient (Wildman–Crippen LogP) is 7.99. The molecule has 0 spiro atoms. The van der Waals surface area contributed by atoms with Crippen molar-refractivity contribution in [2.45, 2.75) is 25.2 Å². The number of aromatic hydroxyl groups is 1. The number of hydrogen-bond acceptors (Lipinski definition) is 3. The van der Waals surface area contributed by atoms with Crippen LogP contribution in [0.5, 0.6) is 5.75 Å². The Morgan fingerprint density at radius 1 is 0.946 bits per heavy atom. The lowest BCUT2D eigenvalue weighted by molar-refractivity contribution is -0.137. The largest absolute Gasteiger partial charge is 0.507 e. The monoisotopic (exact) mass is 560 g/mol. The summed E-state index contributed by atoms with van der Waals surface area (Å²) in [4.78, 5) is 3.80. The van der Waals surface area contributed by atoms with Gasteiger partial charge in [0.15, 0.2) is 0 Å². The Balaban J connectivity index is 2.19. The van der Waals surface area contributed by atoms with Crippen molar-refractivity contribution < 1.29 is 31.4 Å². The van der Waals surface area contributed by atoms with Gasteiger partial charge in [-0.1, -0.05) is 47.5 Å². The lowest BCUT2D eigenvalue weighted by Gasteiger charge is -2.18. The highest BCUT2D eigenvalue weighted by Gasteiger charge is 2.34. The molecule has 0 amide bonds. The SMILES string of the molecule is CN=C(/C=C(\N)C(F)(F)F)c1ccc(CCc2ccc(Cl)cc2)c(-c2ccc(Cl)c(C(F)(F)F)c2)c1O. The Kier molecular flexibility index (Phi) is 8.49. The molecule has 0 radical (unpaired) electrons. The number of nitrogens with zero attached hydrogens (tertiary/aromatic N) is 1. The quantitative estimate of drug-likeness (QED) is 0.237. The molecular formula is C26H20Cl2F6N2O. The van der Waals surface area contributed by atoms with E-state index >= 15 is 0 Å². The number of aryl methyl sites for hydroxylation is 2. The molecular weight excluding hydrogens is 541 g/mol. The number of halogens is 8. The van der Waals surface area contributed by atoms with Gasteiger partial charge in [-0.3, -0.25) is 4.99 Å². The van der Waals surface area contributed by atoms with Gasteiger partial charge in [-0.05, 0) is 65.9 Å². The van der Waals surface area contributed by atoms with Gasteiger partial charge < -0.3 is 10.8 Å². The molecule has 0 aromatic heterocycles. The number of benzene rings is 3. The summed E-state index contributed by atoms with van der Waals surface area (Å²) in [5.74, 6) is -0.545. The highest BCUT2D eigenvalue weighted by molar-refractivity contribution is 6.31. The Morgan fingerprint density at radius 2 is 1.59 bits per heavy atom. The Morgan fingerprint density at radius 3 is 2.16 bits per heavy atom. The molecule has 11 heteroatoms. The second kappa shape index (κ2) is 11.1. The summed E-state index contributed by atoms with van der Waals surface area (Å²) in [6, 6.07) is 12.9. The van der Waals surface area contributed by atoms with Crippen molar-refractivity contribution in [3.05, 3.63) is 98.7 Å². The zero-order valence-corrected chi connectivity index (χ0v) is 20.7. The maximum absolute atomic E-state index is 13.6. The lowest BCUT2D eigenvalue weighted by Crippen LogP contribution is -2.21. The number of aliphatic imine (C=N–C) groups is 1. The van der Waals surface area contributed by atoms with E-state index in [4.69, 9.17) is 28.9 Å². The summed E-state index contributed by atoms with van der Waals surface area (Å²) in [6.07, 6.45) is -8.34. The third-order valence-electron chi connectivity index (χ3n) is 5.56. The van der Waals surface area contributed by atoms with Gasteiger partial charge in [-0.2, -0.15) is 26.3 Å². The van der Waals surface area contributed by atoms with Crippen LogP contribution in [-0.2, 0) is 19.0 Å². The van der Waals surface area contributed by atoms with E-state index < -0.39 is 34.4 Å². The first kappa shape index (κ1) is 28.4. The second-order valence-corrected chi connectivity index (χ2v) is 8.86. The summed E-state index contributed by atoms with van der Waals surface area (Å²) >= 11 is 11.7. The van der Waals surface area contributed by atoms with Crippen molar-refractivity contribution in [3.8, 4) is 16.9 Å². The van der Waals surface area contributed by atoms with Gasteiger partial charge in [-0.25, -0.2) is 0 Å². The van der Waals surface area contributed by atoms with Gasteiger partial charge in [0.25, 0.3) is 0 Å². The van der Waals surface area contributed by atoms with Crippen LogP contribution in [0.1, 0.15) is 22.3 Å². The summed E-state index contributed by atoms with van der Waals surface area (Å²) in [7, 11) is 1.20. The second-order valence-electron chi connectivity index (χ2n) is 8.02. The summed E-state index contributed by atoms with van der Waals surface area (Å²) in [5, 5.41) is 11.2. The first-order valence-corrected chi connectivity index (χ1v) is 11.5. The van der Waals surface area contributed by atoms with Crippen molar-refractivity contribution in [3.63, 3.8) is 0 Å². The number of phenolic OH excluding ortho intramolecular Hbond substituents is 1. The van der Waals surface area contributed by atoms with Gasteiger partial charge in [0, 0.05) is 23.2 Å². The zero-order chi connectivity index (χ0) is 27.5. The number of phenols is 1. The van der Waals surface area contributed by atoms with Crippen LogP contribution in [0.3, 0.4) is 0 Å². The molecule has 0 aliphatic rings. The molecule has 0 saturated heterocycles. The lowest BCUT2D eigenvalue weighted by atomic mass is 9.90. The summed E-state index contributed by atoms with van der Waals surface area (Å²) in [6.45, 7) is 0. The van der Waals surface area contributed by atoms with Crippen LogP contribution in [0.4, 0.5) is 26.3 Å². The molecule has 0 heterocycles. The fourth-order valence-electron chi connectivity index (χ4n) is 3.69. The van der Waals surface area contributed by atoms with Crippen LogP contribution < -0.4 is 5.73 Å². The molecule has 3 aromatic carbocycles. The third kappa shape index (κ3) is 6.78. The number of hydrogen-bond donors (Lipinski definition) is 2. The molecule has 3 N–H and O–H groups in total. The fraction of sp³-hybridized carbons (Fsp3) is 0.192. The number of nitrogens with two attached hydrogens (primary N) is 1. The minimum Gasteiger partial charge on any atom is -0.507 e. The van der Waals surface area contributed by atoms with E-state index in [9.17, 15) is 31.4 Å². The number of allylic oxidation sites excluding steroid dienone is 2. The molecule has 3 rings (SSSR count). The van der Waals surface area contributed by atoms with E-state index in [1.807, 2.05) is 0 Å². The maximum Gasteiger partial charge on any atom is 0.430 e. The maximum atomic E-state index is 13.6. The average molecular weight is 561 g/mol. The van der Waals surface area contributed by atoms with E-state index in [2.05, 4.69) is 4.99 Å². The Labute approximate surface area is 218 Å². The molecule has 0 unspecified atom stereocenters. The van der Waals surface area contributed by atoms with Crippen LogP contribution in [0.25, 0.3) is 11.1 Å². The van der Waals surface area contributed by atoms with E-state index in [1.165, 1.54) is 25.2 Å². The van der Waals surface area contributed by atoms with E-state index in [0.29, 0.717) is 23.1 Å². The van der Waals surface area contributed by atoms with Gasteiger partial charge in [0.1, 0.15) is 11.4 Å². The normalized spacial score (nSPS) is 13.2. The molecule has 0 aliphatic heterocycles. The third-order valence-corrected chi connectivity index (χ3v) is 6.14. The van der Waals surface area contributed by atoms with Crippen LogP contribution in [0.2, 0.25) is 10.0 Å². The molecule has 3 aromatic rings. The van der Waals surface area contributed by atoms with Crippen molar-refractivity contribution in [1.82, 2.24) is 0 Å². The van der Waals surface area contributed by atoms with Crippen molar-refractivity contribution in [2.75, 3.05) is 7.05 Å².